The van der Waals surface area contributed by atoms with Gasteiger partial charge in [0.1, 0.15) is 11.5 Å². The lowest BCUT2D eigenvalue weighted by Gasteiger charge is -2.16. The number of nitrogens with one attached hydrogen (secondary N) is 1. The average Bonchev–Trinajstić information content (AvgIpc) is 2.50. The van der Waals surface area contributed by atoms with Crippen LogP contribution in [0.1, 0.15) is 12.5 Å². The molecule has 0 aliphatic heterocycles. The molecule has 4 nitrogen and oxygen atoms in total. The van der Waals surface area contributed by atoms with E-state index in [4.69, 9.17) is 9.47 Å². The molecule has 0 saturated carbocycles. The number of ether oxygens (including phenoxy) is 2. The summed E-state index contributed by atoms with van der Waals surface area (Å²) in [5.41, 5.74) is 1.71. The molecule has 1 amide bonds. The summed E-state index contributed by atoms with van der Waals surface area (Å²) in [5.74, 6) is 1.27. The molecule has 0 aromatic heterocycles. The summed E-state index contributed by atoms with van der Waals surface area (Å²) in [5, 5.41) is 2.81. The van der Waals surface area contributed by atoms with E-state index in [1.165, 1.54) is 0 Å². The summed E-state index contributed by atoms with van der Waals surface area (Å²) in [4.78, 5) is 12.1. The van der Waals surface area contributed by atoms with Crippen LogP contribution in [0.3, 0.4) is 0 Å². The van der Waals surface area contributed by atoms with Gasteiger partial charge in [-0.3, -0.25) is 4.79 Å². The van der Waals surface area contributed by atoms with E-state index in [0.717, 1.165) is 17.1 Å². The van der Waals surface area contributed by atoms with Gasteiger partial charge in [-0.05, 0) is 49.7 Å². The number of carbonyl (C=O) groups excluding carboxylic acids is 1. The van der Waals surface area contributed by atoms with E-state index < -0.39 is 6.10 Å². The molecule has 2 aromatic carbocycles. The zero-order valence-corrected chi connectivity index (χ0v) is 12.4. The molecule has 0 heterocycles. The average molecular weight is 285 g/mol. The number of carbonyl (C=O) groups is 1. The van der Waals surface area contributed by atoms with Gasteiger partial charge in [0.2, 0.25) is 0 Å². The van der Waals surface area contributed by atoms with Crippen LogP contribution >= 0.6 is 0 Å². The second-order valence-electron chi connectivity index (χ2n) is 4.74. The summed E-state index contributed by atoms with van der Waals surface area (Å²) in [7, 11) is 1.60. The molecule has 4 heteroatoms. The molecule has 0 radical (unpaired) electrons. The van der Waals surface area contributed by atoms with Crippen molar-refractivity contribution in [2.45, 2.75) is 20.0 Å². The number of hydrogen-bond acceptors (Lipinski definition) is 3. The van der Waals surface area contributed by atoms with Crippen molar-refractivity contribution in [2.24, 2.45) is 0 Å². The third-order valence-electron chi connectivity index (χ3n) is 3.12. The molecule has 110 valence electrons. The van der Waals surface area contributed by atoms with Crippen LogP contribution in [0.25, 0.3) is 0 Å². The van der Waals surface area contributed by atoms with Gasteiger partial charge in [-0.2, -0.15) is 0 Å². The van der Waals surface area contributed by atoms with Crippen LogP contribution in [0.4, 0.5) is 5.69 Å². The van der Waals surface area contributed by atoms with Crippen LogP contribution in [-0.2, 0) is 4.79 Å². The molecule has 1 N–H and O–H groups in total. The van der Waals surface area contributed by atoms with E-state index in [9.17, 15) is 4.79 Å². The minimum Gasteiger partial charge on any atom is -0.497 e. The summed E-state index contributed by atoms with van der Waals surface area (Å²) in [6.07, 6.45) is -0.576. The summed E-state index contributed by atoms with van der Waals surface area (Å²) in [6, 6.07) is 14.8. The minimum absolute atomic E-state index is 0.191. The number of aryl methyl sites for hydroxylation is 1. The lowest BCUT2D eigenvalue weighted by molar-refractivity contribution is -0.122. The SMILES string of the molecule is COc1ccc(NC(=O)[C@H](C)Oc2ccccc2C)cc1. The van der Waals surface area contributed by atoms with Gasteiger partial charge >= 0.3 is 0 Å². The van der Waals surface area contributed by atoms with Crippen molar-refractivity contribution < 1.29 is 14.3 Å². The van der Waals surface area contributed by atoms with Crippen molar-refractivity contribution in [3.8, 4) is 11.5 Å². The van der Waals surface area contributed by atoms with Crippen molar-refractivity contribution in [3.63, 3.8) is 0 Å². The van der Waals surface area contributed by atoms with Gasteiger partial charge in [0, 0.05) is 5.69 Å². The Morgan fingerprint density at radius 3 is 2.38 bits per heavy atom. The molecule has 2 rings (SSSR count). The second-order valence-corrected chi connectivity index (χ2v) is 4.74. The molecule has 21 heavy (non-hydrogen) atoms. The van der Waals surface area contributed by atoms with Crippen molar-refractivity contribution >= 4 is 11.6 Å². The highest BCUT2D eigenvalue weighted by atomic mass is 16.5. The maximum Gasteiger partial charge on any atom is 0.265 e. The van der Waals surface area contributed by atoms with E-state index in [2.05, 4.69) is 5.32 Å². The van der Waals surface area contributed by atoms with E-state index in [1.807, 2.05) is 31.2 Å². The van der Waals surface area contributed by atoms with Crippen LogP contribution in [-0.4, -0.2) is 19.1 Å². The van der Waals surface area contributed by atoms with Crippen LogP contribution in [0.5, 0.6) is 11.5 Å². The van der Waals surface area contributed by atoms with Gasteiger partial charge in [0.25, 0.3) is 5.91 Å². The van der Waals surface area contributed by atoms with E-state index >= 15 is 0 Å². The third-order valence-corrected chi connectivity index (χ3v) is 3.12. The van der Waals surface area contributed by atoms with Crippen LogP contribution in [0, 0.1) is 6.92 Å². The Bertz CT molecular complexity index is 608. The fourth-order valence-corrected chi connectivity index (χ4v) is 1.85. The third kappa shape index (κ3) is 3.99. The summed E-state index contributed by atoms with van der Waals surface area (Å²) in [6.45, 7) is 3.68. The largest absolute Gasteiger partial charge is 0.497 e. The van der Waals surface area contributed by atoms with Gasteiger partial charge < -0.3 is 14.8 Å². The highest BCUT2D eigenvalue weighted by Crippen LogP contribution is 2.19. The lowest BCUT2D eigenvalue weighted by atomic mass is 10.2. The summed E-state index contributed by atoms with van der Waals surface area (Å²) >= 11 is 0. The van der Waals surface area contributed by atoms with Crippen molar-refractivity contribution in [1.82, 2.24) is 0 Å². The van der Waals surface area contributed by atoms with E-state index in [-0.39, 0.29) is 5.91 Å². The topological polar surface area (TPSA) is 47.6 Å². The van der Waals surface area contributed by atoms with Crippen molar-refractivity contribution in [3.05, 3.63) is 54.1 Å². The molecular formula is C17H19NO3. The Hall–Kier alpha value is -2.49. The van der Waals surface area contributed by atoms with Gasteiger partial charge in [-0.25, -0.2) is 0 Å². The number of methoxy groups -OCH3 is 1. The minimum atomic E-state index is -0.576. The number of hydrogen-bond donors (Lipinski definition) is 1. The van der Waals surface area contributed by atoms with Gasteiger partial charge in [0.05, 0.1) is 7.11 Å². The molecule has 2 aromatic rings. The molecular weight excluding hydrogens is 266 g/mol. The smallest absolute Gasteiger partial charge is 0.265 e. The molecule has 0 bridgehead atoms. The standard InChI is InChI=1S/C17H19NO3/c1-12-6-4-5-7-16(12)21-13(2)17(19)18-14-8-10-15(20-3)11-9-14/h4-11,13H,1-3H3,(H,18,19)/t13-/m0/s1. The second kappa shape index (κ2) is 6.79. The Morgan fingerprint density at radius 1 is 1.10 bits per heavy atom. The number of amides is 1. The Kier molecular flexibility index (Phi) is 4.82. The number of rotatable bonds is 5. The molecule has 1 atom stereocenters. The quantitative estimate of drug-likeness (QED) is 0.915. The zero-order chi connectivity index (χ0) is 15.2. The van der Waals surface area contributed by atoms with E-state index in [0.29, 0.717) is 5.69 Å². The molecule has 0 aliphatic carbocycles. The normalized spacial score (nSPS) is 11.6. The molecule has 0 fully saturated rings. The van der Waals surface area contributed by atoms with Crippen molar-refractivity contribution in [2.75, 3.05) is 12.4 Å². The fourth-order valence-electron chi connectivity index (χ4n) is 1.85. The maximum atomic E-state index is 12.1. The van der Waals surface area contributed by atoms with Crippen molar-refractivity contribution in [1.29, 1.82) is 0 Å². The number of benzene rings is 2. The monoisotopic (exact) mass is 285 g/mol. The van der Waals surface area contributed by atoms with Gasteiger partial charge in [-0.15, -0.1) is 0 Å². The highest BCUT2D eigenvalue weighted by Gasteiger charge is 2.15. The first-order valence-electron chi connectivity index (χ1n) is 6.77. The van der Waals surface area contributed by atoms with Crippen LogP contribution in [0.2, 0.25) is 0 Å². The maximum absolute atomic E-state index is 12.1. The molecule has 0 aliphatic rings. The first kappa shape index (κ1) is 14.9. The first-order valence-corrected chi connectivity index (χ1v) is 6.77. The number of para-hydroxylation sites is 1. The zero-order valence-electron chi connectivity index (χ0n) is 12.4. The Morgan fingerprint density at radius 2 is 1.76 bits per heavy atom. The fraction of sp³-hybridized carbons (Fsp3) is 0.235. The predicted octanol–water partition coefficient (Wildman–Crippen LogP) is 3.41. The highest BCUT2D eigenvalue weighted by molar-refractivity contribution is 5.94. The Labute approximate surface area is 124 Å². The molecule has 0 spiro atoms. The summed E-state index contributed by atoms with van der Waals surface area (Å²) < 4.78 is 10.8. The Balaban J connectivity index is 1.97. The van der Waals surface area contributed by atoms with Gasteiger partial charge in [0.15, 0.2) is 6.10 Å². The van der Waals surface area contributed by atoms with Crippen LogP contribution in [0.15, 0.2) is 48.5 Å². The first-order chi connectivity index (χ1) is 10.1. The molecule has 0 unspecified atom stereocenters. The molecule has 0 saturated heterocycles. The van der Waals surface area contributed by atoms with Gasteiger partial charge in [-0.1, -0.05) is 18.2 Å². The number of anilines is 1. The van der Waals surface area contributed by atoms with E-state index in [1.54, 1.807) is 38.3 Å². The lowest BCUT2D eigenvalue weighted by Crippen LogP contribution is -2.30. The van der Waals surface area contributed by atoms with Crippen LogP contribution < -0.4 is 14.8 Å². The predicted molar refractivity (Wildman–Crippen MR) is 82.9 cm³/mol.